The summed E-state index contributed by atoms with van der Waals surface area (Å²) in [5.74, 6) is -0.855. The Balaban J connectivity index is 2.59. The van der Waals surface area contributed by atoms with Gasteiger partial charge in [-0.1, -0.05) is 11.6 Å². The third kappa shape index (κ3) is 5.48. The van der Waals surface area contributed by atoms with Crippen molar-refractivity contribution in [3.05, 3.63) is 29.3 Å². The average molecular weight is 299 g/mol. The van der Waals surface area contributed by atoms with Crippen LogP contribution in [0.1, 0.15) is 26.7 Å². The van der Waals surface area contributed by atoms with Crippen LogP contribution in [-0.4, -0.2) is 34.6 Å². The zero-order valence-corrected chi connectivity index (χ0v) is 12.4. The van der Waals surface area contributed by atoms with Gasteiger partial charge in [-0.2, -0.15) is 0 Å². The van der Waals surface area contributed by atoms with Gasteiger partial charge in [0.1, 0.15) is 0 Å². The lowest BCUT2D eigenvalue weighted by Crippen LogP contribution is -2.40. The van der Waals surface area contributed by atoms with Crippen LogP contribution in [0.5, 0.6) is 0 Å². The number of nitrogens with one attached hydrogen (secondary N) is 1. The van der Waals surface area contributed by atoms with Crippen LogP contribution in [0.4, 0.5) is 10.5 Å². The summed E-state index contributed by atoms with van der Waals surface area (Å²) >= 11 is 5.78. The first kappa shape index (κ1) is 16.3. The molecule has 0 aliphatic heterocycles. The zero-order chi connectivity index (χ0) is 15.1. The highest BCUT2D eigenvalue weighted by Gasteiger charge is 2.17. The topological polar surface area (TPSA) is 69.6 Å². The van der Waals surface area contributed by atoms with Crippen LogP contribution >= 0.6 is 11.6 Å². The summed E-state index contributed by atoms with van der Waals surface area (Å²) in [4.78, 5) is 24.3. The second-order valence-corrected chi connectivity index (χ2v) is 5.16. The molecule has 5 nitrogen and oxygen atoms in total. The lowest BCUT2D eigenvalue weighted by Gasteiger charge is -2.26. The van der Waals surface area contributed by atoms with Gasteiger partial charge in [0.05, 0.1) is 0 Å². The molecule has 0 spiro atoms. The lowest BCUT2D eigenvalue weighted by atomic mass is 10.2. The number of carbonyl (C=O) groups excluding carboxylic acids is 1. The van der Waals surface area contributed by atoms with Gasteiger partial charge in [-0.3, -0.25) is 4.79 Å². The molecule has 0 unspecified atom stereocenters. The highest BCUT2D eigenvalue weighted by Crippen LogP contribution is 2.14. The zero-order valence-electron chi connectivity index (χ0n) is 11.6. The summed E-state index contributed by atoms with van der Waals surface area (Å²) in [6, 6.07) is 6.58. The molecule has 2 N–H and O–H groups in total. The number of carbonyl (C=O) groups is 2. The molecule has 0 saturated carbocycles. The van der Waals surface area contributed by atoms with E-state index in [0.29, 0.717) is 23.7 Å². The Morgan fingerprint density at radius 3 is 2.40 bits per heavy atom. The van der Waals surface area contributed by atoms with Gasteiger partial charge < -0.3 is 15.3 Å². The van der Waals surface area contributed by atoms with Gasteiger partial charge >= 0.3 is 12.0 Å². The molecule has 0 bridgehead atoms. The van der Waals surface area contributed by atoms with Gasteiger partial charge in [-0.15, -0.1) is 0 Å². The van der Waals surface area contributed by atoms with Gasteiger partial charge in [0.15, 0.2) is 0 Å². The van der Waals surface area contributed by atoms with Crippen molar-refractivity contribution in [2.24, 2.45) is 0 Å². The van der Waals surface area contributed by atoms with Gasteiger partial charge in [-0.05, 0) is 44.5 Å². The Bertz CT molecular complexity index is 460. The molecule has 0 atom stereocenters. The Morgan fingerprint density at radius 1 is 1.30 bits per heavy atom. The minimum absolute atomic E-state index is 0.00362. The van der Waals surface area contributed by atoms with Gasteiger partial charge in [0.25, 0.3) is 0 Å². The smallest absolute Gasteiger partial charge is 0.322 e. The van der Waals surface area contributed by atoms with Crippen molar-refractivity contribution < 1.29 is 14.7 Å². The van der Waals surface area contributed by atoms with E-state index < -0.39 is 5.97 Å². The Kier molecular flexibility index (Phi) is 6.31. The Morgan fingerprint density at radius 2 is 1.90 bits per heavy atom. The molecule has 2 amide bonds. The predicted octanol–water partition coefficient (Wildman–Crippen LogP) is 3.45. The standard InChI is InChI=1S/C14H19ClN2O3/c1-10(2)17(9-3-4-13(18)19)14(20)16-12-7-5-11(15)6-8-12/h5-8,10H,3-4,9H2,1-2H3,(H,16,20)(H,18,19). The molecule has 0 heterocycles. The maximum Gasteiger partial charge on any atom is 0.322 e. The monoisotopic (exact) mass is 298 g/mol. The summed E-state index contributed by atoms with van der Waals surface area (Å²) in [6.07, 6.45) is 0.485. The number of nitrogens with zero attached hydrogens (tertiary/aromatic N) is 1. The molecule has 0 aliphatic rings. The van der Waals surface area contributed by atoms with Crippen LogP contribution in [0.25, 0.3) is 0 Å². The largest absolute Gasteiger partial charge is 0.481 e. The van der Waals surface area contributed by atoms with Crippen LogP contribution in [0.2, 0.25) is 5.02 Å². The molecule has 0 fully saturated rings. The van der Waals surface area contributed by atoms with Crippen molar-refractivity contribution in [1.29, 1.82) is 0 Å². The number of hydrogen-bond acceptors (Lipinski definition) is 2. The molecule has 0 aliphatic carbocycles. The van der Waals surface area contributed by atoms with Crippen molar-refractivity contribution in [3.63, 3.8) is 0 Å². The van der Waals surface area contributed by atoms with E-state index in [4.69, 9.17) is 16.7 Å². The number of anilines is 1. The lowest BCUT2D eigenvalue weighted by molar-refractivity contribution is -0.137. The predicted molar refractivity (Wildman–Crippen MR) is 79.2 cm³/mol. The first-order valence-electron chi connectivity index (χ1n) is 6.45. The molecule has 20 heavy (non-hydrogen) atoms. The van der Waals surface area contributed by atoms with Gasteiger partial charge in [0, 0.05) is 29.7 Å². The quantitative estimate of drug-likeness (QED) is 0.845. The van der Waals surface area contributed by atoms with E-state index in [2.05, 4.69) is 5.32 Å². The van der Waals surface area contributed by atoms with E-state index in [9.17, 15) is 9.59 Å². The second kappa shape index (κ2) is 7.75. The summed E-state index contributed by atoms with van der Waals surface area (Å²) in [5.41, 5.74) is 0.656. The van der Waals surface area contributed by atoms with Crippen LogP contribution in [0, 0.1) is 0 Å². The number of carboxylic acids is 1. The molecule has 110 valence electrons. The van der Waals surface area contributed by atoms with Crippen molar-refractivity contribution in [3.8, 4) is 0 Å². The van der Waals surface area contributed by atoms with E-state index in [1.54, 1.807) is 29.2 Å². The first-order chi connectivity index (χ1) is 9.40. The molecular formula is C14H19ClN2O3. The molecule has 1 aromatic rings. The third-order valence-corrected chi connectivity index (χ3v) is 3.02. The minimum Gasteiger partial charge on any atom is -0.481 e. The minimum atomic E-state index is -0.855. The van der Waals surface area contributed by atoms with E-state index in [0.717, 1.165) is 0 Å². The van der Waals surface area contributed by atoms with Crippen LogP contribution in [0.3, 0.4) is 0 Å². The maximum absolute atomic E-state index is 12.1. The second-order valence-electron chi connectivity index (χ2n) is 4.72. The fourth-order valence-corrected chi connectivity index (χ4v) is 1.85. The summed E-state index contributed by atoms with van der Waals surface area (Å²) in [6.45, 7) is 4.19. The summed E-state index contributed by atoms with van der Waals surface area (Å²) in [7, 11) is 0. The van der Waals surface area contributed by atoms with Crippen LogP contribution in [0.15, 0.2) is 24.3 Å². The average Bonchev–Trinajstić information content (AvgIpc) is 2.36. The number of amides is 2. The first-order valence-corrected chi connectivity index (χ1v) is 6.83. The van der Waals surface area contributed by atoms with E-state index >= 15 is 0 Å². The van der Waals surface area contributed by atoms with Gasteiger partial charge in [-0.25, -0.2) is 4.79 Å². The summed E-state index contributed by atoms with van der Waals surface area (Å²) in [5, 5.41) is 12.0. The maximum atomic E-state index is 12.1. The van der Waals surface area contributed by atoms with Crippen molar-refractivity contribution >= 4 is 29.3 Å². The highest BCUT2D eigenvalue weighted by atomic mass is 35.5. The van der Waals surface area contributed by atoms with Crippen LogP contribution < -0.4 is 5.32 Å². The molecule has 1 rings (SSSR count). The molecule has 0 radical (unpaired) electrons. The van der Waals surface area contributed by atoms with Crippen molar-refractivity contribution in [2.75, 3.05) is 11.9 Å². The fraction of sp³-hybridized carbons (Fsp3) is 0.429. The number of hydrogen-bond donors (Lipinski definition) is 2. The SMILES string of the molecule is CC(C)N(CCCC(=O)O)C(=O)Nc1ccc(Cl)cc1. The fourth-order valence-electron chi connectivity index (χ4n) is 1.72. The van der Waals surface area contributed by atoms with E-state index in [1.807, 2.05) is 13.8 Å². The molecule has 1 aromatic carbocycles. The van der Waals surface area contributed by atoms with Crippen molar-refractivity contribution in [2.45, 2.75) is 32.7 Å². The highest BCUT2D eigenvalue weighted by molar-refractivity contribution is 6.30. The molecule has 0 aromatic heterocycles. The van der Waals surface area contributed by atoms with Crippen LogP contribution in [-0.2, 0) is 4.79 Å². The molecule has 6 heteroatoms. The number of rotatable bonds is 6. The number of urea groups is 1. The molecule has 0 saturated heterocycles. The van der Waals surface area contributed by atoms with E-state index in [1.165, 1.54) is 0 Å². The van der Waals surface area contributed by atoms with E-state index in [-0.39, 0.29) is 18.5 Å². The van der Waals surface area contributed by atoms with Crippen molar-refractivity contribution in [1.82, 2.24) is 4.90 Å². The summed E-state index contributed by atoms with van der Waals surface area (Å²) < 4.78 is 0. The normalized spacial score (nSPS) is 10.4. The number of benzene rings is 1. The molecular weight excluding hydrogens is 280 g/mol. The Labute approximate surface area is 123 Å². The number of halogens is 1. The third-order valence-electron chi connectivity index (χ3n) is 2.77. The number of carboxylic acid groups (broad SMARTS) is 1. The Hall–Kier alpha value is -1.75. The van der Waals surface area contributed by atoms with Gasteiger partial charge in [0.2, 0.25) is 0 Å². The number of aliphatic carboxylic acids is 1.